The molecule has 0 aliphatic carbocycles. The lowest BCUT2D eigenvalue weighted by atomic mass is 9.93. The molecular weight excluding hydrogens is 388 g/mol. The lowest BCUT2D eigenvalue weighted by Crippen LogP contribution is -2.44. The van der Waals surface area contributed by atoms with Crippen molar-refractivity contribution in [3.63, 3.8) is 0 Å². The lowest BCUT2D eigenvalue weighted by molar-refractivity contribution is 0.0984. The molecule has 31 heavy (non-hydrogen) atoms. The summed E-state index contributed by atoms with van der Waals surface area (Å²) in [7, 11) is 0. The molecule has 0 saturated heterocycles. The number of rotatable bonds is 5. The van der Waals surface area contributed by atoms with Crippen molar-refractivity contribution >= 4 is 22.4 Å². The number of nitrogens with zero attached hydrogens (tertiary/aromatic N) is 2. The second-order valence-corrected chi connectivity index (χ2v) is 8.21. The molecule has 2 heterocycles. The zero-order chi connectivity index (χ0) is 21.5. The molecule has 1 aliphatic rings. The van der Waals surface area contributed by atoms with Crippen molar-refractivity contribution in [3.05, 3.63) is 103 Å². The molecule has 0 radical (unpaired) electrons. The zero-order valence-electron chi connectivity index (χ0n) is 17.4. The number of Topliss-reactive ketones (excluding diaryl/α,β-unsaturated/α-hetero) is 1. The van der Waals surface area contributed by atoms with Crippen LogP contribution in [0.3, 0.4) is 0 Å². The molecular formula is C26H22N2O3. The molecule has 0 atom stereocenters. The van der Waals surface area contributed by atoms with Crippen molar-refractivity contribution < 1.29 is 4.79 Å². The number of anilines is 1. The Hall–Kier alpha value is -3.60. The number of ketones is 1. The van der Waals surface area contributed by atoms with Gasteiger partial charge in [-0.1, -0.05) is 36.4 Å². The van der Waals surface area contributed by atoms with Crippen molar-refractivity contribution in [1.29, 1.82) is 0 Å². The third kappa shape index (κ3) is 3.36. The van der Waals surface area contributed by atoms with E-state index >= 15 is 0 Å². The van der Waals surface area contributed by atoms with Gasteiger partial charge in [0.2, 0.25) is 10.9 Å². The SMILES string of the molecule is Cc1c(N2CCc3ccc(CCC(=O)c4cccc5cccnc45)cc3C2)c(=O)c1=O. The first kappa shape index (κ1) is 19.4. The first-order chi connectivity index (χ1) is 15.0. The van der Waals surface area contributed by atoms with E-state index in [0.717, 1.165) is 35.0 Å². The highest BCUT2D eigenvalue weighted by molar-refractivity contribution is 6.06. The van der Waals surface area contributed by atoms with E-state index in [1.54, 1.807) is 13.1 Å². The standard InChI is InChI=1S/C26H22N2O3/c1-16-24(26(31)25(16)30)28-13-11-18-9-7-17(14-20(18)15-28)8-10-22(29)21-6-2-4-19-5-3-12-27-23(19)21/h2-7,9,12,14H,8,10-11,13,15H2,1H3. The second-order valence-electron chi connectivity index (χ2n) is 8.21. The van der Waals surface area contributed by atoms with Crippen molar-refractivity contribution in [2.45, 2.75) is 32.7 Å². The maximum Gasteiger partial charge on any atom is 0.249 e. The van der Waals surface area contributed by atoms with E-state index in [-0.39, 0.29) is 16.6 Å². The van der Waals surface area contributed by atoms with Crippen molar-refractivity contribution in [2.24, 2.45) is 0 Å². The van der Waals surface area contributed by atoms with Gasteiger partial charge in [0.1, 0.15) is 0 Å². The van der Waals surface area contributed by atoms with E-state index in [4.69, 9.17) is 0 Å². The average molecular weight is 410 g/mol. The van der Waals surface area contributed by atoms with Crippen molar-refractivity contribution in [2.75, 3.05) is 11.4 Å². The van der Waals surface area contributed by atoms with Gasteiger partial charge in [0.25, 0.3) is 0 Å². The highest BCUT2D eigenvalue weighted by Gasteiger charge is 2.26. The minimum Gasteiger partial charge on any atom is -0.363 e. The molecule has 0 N–H and O–H groups in total. The summed E-state index contributed by atoms with van der Waals surface area (Å²) in [6, 6.07) is 15.9. The van der Waals surface area contributed by atoms with Gasteiger partial charge in [-0.05, 0) is 48.6 Å². The predicted octanol–water partition coefficient (Wildman–Crippen LogP) is 3.52. The Morgan fingerprint density at radius 1 is 1.03 bits per heavy atom. The molecule has 1 aliphatic heterocycles. The number of hydrogen-bond donors (Lipinski definition) is 0. The quantitative estimate of drug-likeness (QED) is 0.372. The topological polar surface area (TPSA) is 67.3 Å². The number of pyridine rings is 1. The van der Waals surface area contributed by atoms with Gasteiger partial charge in [-0.15, -0.1) is 0 Å². The van der Waals surface area contributed by atoms with E-state index < -0.39 is 0 Å². The lowest BCUT2D eigenvalue weighted by Gasteiger charge is -2.32. The Balaban J connectivity index is 1.33. The van der Waals surface area contributed by atoms with Crippen LogP contribution >= 0.6 is 0 Å². The van der Waals surface area contributed by atoms with Gasteiger partial charge in [0, 0.05) is 42.2 Å². The monoisotopic (exact) mass is 410 g/mol. The molecule has 1 aromatic heterocycles. The van der Waals surface area contributed by atoms with Gasteiger partial charge >= 0.3 is 0 Å². The number of aryl methyl sites for hydroxylation is 1. The minimum absolute atomic E-state index is 0.0861. The third-order valence-corrected chi connectivity index (χ3v) is 6.29. The Labute approximate surface area is 179 Å². The van der Waals surface area contributed by atoms with Crippen LogP contribution in [0.1, 0.15) is 39.0 Å². The number of carbonyl (C=O) groups is 1. The van der Waals surface area contributed by atoms with Gasteiger partial charge in [-0.25, -0.2) is 0 Å². The summed E-state index contributed by atoms with van der Waals surface area (Å²) >= 11 is 0. The summed E-state index contributed by atoms with van der Waals surface area (Å²) < 4.78 is 0. The fourth-order valence-electron chi connectivity index (χ4n) is 4.55. The van der Waals surface area contributed by atoms with Crippen LogP contribution in [0.2, 0.25) is 0 Å². The normalized spacial score (nSPS) is 13.5. The average Bonchev–Trinajstić information content (AvgIpc) is 2.81. The summed E-state index contributed by atoms with van der Waals surface area (Å²) in [4.78, 5) is 42.8. The Bertz CT molecular complexity index is 1390. The number of carbonyl (C=O) groups excluding carboxylic acids is 1. The molecule has 5 rings (SSSR count). The first-order valence-corrected chi connectivity index (χ1v) is 10.6. The third-order valence-electron chi connectivity index (χ3n) is 6.29. The molecule has 5 heteroatoms. The summed E-state index contributed by atoms with van der Waals surface area (Å²) in [5, 5.41) is 0.968. The smallest absolute Gasteiger partial charge is 0.249 e. The molecule has 0 fully saturated rings. The Morgan fingerprint density at radius 3 is 2.71 bits per heavy atom. The van der Waals surface area contributed by atoms with E-state index in [1.165, 1.54) is 5.56 Å². The van der Waals surface area contributed by atoms with Crippen LogP contribution in [0.5, 0.6) is 0 Å². The van der Waals surface area contributed by atoms with Gasteiger partial charge < -0.3 is 4.90 Å². The van der Waals surface area contributed by atoms with Crippen LogP contribution in [-0.4, -0.2) is 17.3 Å². The van der Waals surface area contributed by atoms with Gasteiger partial charge in [-0.2, -0.15) is 0 Å². The van der Waals surface area contributed by atoms with Crippen LogP contribution in [-0.2, 0) is 19.4 Å². The fraction of sp³-hybridized carbons (Fsp3) is 0.231. The molecule has 0 saturated carbocycles. The van der Waals surface area contributed by atoms with Gasteiger partial charge in [-0.3, -0.25) is 19.4 Å². The van der Waals surface area contributed by atoms with Gasteiger partial charge in [0.05, 0.1) is 11.2 Å². The fourth-order valence-corrected chi connectivity index (χ4v) is 4.55. The van der Waals surface area contributed by atoms with Gasteiger partial charge in [0.15, 0.2) is 5.78 Å². The number of para-hydroxylation sites is 1. The number of aromatic nitrogens is 1. The highest BCUT2D eigenvalue weighted by Crippen LogP contribution is 2.26. The minimum atomic E-state index is -0.369. The molecule has 0 bridgehead atoms. The largest absolute Gasteiger partial charge is 0.363 e. The van der Waals surface area contributed by atoms with E-state index in [9.17, 15) is 14.4 Å². The summed E-state index contributed by atoms with van der Waals surface area (Å²) in [6.07, 6.45) is 3.62. The molecule has 0 amide bonds. The van der Waals surface area contributed by atoms with E-state index in [1.807, 2.05) is 35.2 Å². The molecule has 5 nitrogen and oxygen atoms in total. The van der Waals surface area contributed by atoms with Crippen LogP contribution < -0.4 is 15.8 Å². The summed E-state index contributed by atoms with van der Waals surface area (Å²) in [5.41, 5.74) is 5.35. The molecule has 154 valence electrons. The molecule has 0 unspecified atom stereocenters. The van der Waals surface area contributed by atoms with Crippen molar-refractivity contribution in [1.82, 2.24) is 4.98 Å². The number of fused-ring (bicyclic) bond motifs is 2. The first-order valence-electron chi connectivity index (χ1n) is 10.6. The Morgan fingerprint density at radius 2 is 1.87 bits per heavy atom. The second kappa shape index (κ2) is 7.58. The Kier molecular flexibility index (Phi) is 4.74. The predicted molar refractivity (Wildman–Crippen MR) is 122 cm³/mol. The highest BCUT2D eigenvalue weighted by atomic mass is 16.2. The van der Waals surface area contributed by atoms with Crippen LogP contribution in [0.4, 0.5) is 5.69 Å². The van der Waals surface area contributed by atoms with Crippen LogP contribution in [0.15, 0.2) is 64.3 Å². The van der Waals surface area contributed by atoms with Crippen LogP contribution in [0.25, 0.3) is 10.9 Å². The van der Waals surface area contributed by atoms with E-state index in [0.29, 0.717) is 36.2 Å². The summed E-state index contributed by atoms with van der Waals surface area (Å²) in [5.74, 6) is 0.0861. The van der Waals surface area contributed by atoms with E-state index in [2.05, 4.69) is 23.2 Å². The van der Waals surface area contributed by atoms with Crippen molar-refractivity contribution in [3.8, 4) is 0 Å². The zero-order valence-corrected chi connectivity index (χ0v) is 17.4. The number of hydrogen-bond acceptors (Lipinski definition) is 5. The molecule has 4 aromatic rings. The molecule has 3 aromatic carbocycles. The maximum atomic E-state index is 12.9. The number of benzene rings is 2. The molecule has 0 spiro atoms. The maximum absolute atomic E-state index is 12.9. The van der Waals surface area contributed by atoms with Crippen LogP contribution in [0, 0.1) is 6.92 Å². The summed E-state index contributed by atoms with van der Waals surface area (Å²) in [6.45, 7) is 3.08.